The van der Waals surface area contributed by atoms with Crippen LogP contribution < -0.4 is 10.5 Å². The zero-order valence-electron chi connectivity index (χ0n) is 12.0. The number of nitrogens with zero attached hydrogens (tertiary/aromatic N) is 3. The zero-order valence-corrected chi connectivity index (χ0v) is 15.1. The Kier molecular flexibility index (Phi) is 8.76. The summed E-state index contributed by atoms with van der Waals surface area (Å²) in [7, 11) is 0. The van der Waals surface area contributed by atoms with Crippen LogP contribution >= 0.6 is 35.7 Å². The second kappa shape index (κ2) is 10.0. The van der Waals surface area contributed by atoms with E-state index in [4.69, 9.17) is 10.5 Å². The molecule has 1 aliphatic heterocycles. The lowest BCUT2D eigenvalue weighted by Gasteiger charge is -2.27. The first-order valence-electron chi connectivity index (χ1n) is 6.64. The van der Waals surface area contributed by atoms with Crippen LogP contribution in [0.1, 0.15) is 5.56 Å². The Morgan fingerprint density at radius 3 is 2.86 bits per heavy atom. The van der Waals surface area contributed by atoms with Crippen molar-refractivity contribution in [2.24, 2.45) is 10.7 Å². The van der Waals surface area contributed by atoms with Crippen molar-refractivity contribution in [3.05, 3.63) is 23.9 Å². The van der Waals surface area contributed by atoms with Gasteiger partial charge in [-0.3, -0.25) is 0 Å². The number of thioether (sulfide) groups is 1. The lowest BCUT2D eigenvalue weighted by molar-refractivity contribution is 0.0791. The zero-order chi connectivity index (χ0) is 15.1. The molecule has 2 N–H and O–H groups in total. The molecule has 0 amide bonds. The van der Waals surface area contributed by atoms with Gasteiger partial charge in [-0.1, -0.05) is 6.07 Å². The second-order valence-corrected chi connectivity index (χ2v) is 5.67. The molecule has 124 valence electrons. The Hall–Kier alpha value is -0.840. The maximum Gasteiger partial charge on any atom is 0.272 e. The molecule has 0 aliphatic carbocycles. The van der Waals surface area contributed by atoms with Gasteiger partial charge >= 0.3 is 0 Å². The Labute approximate surface area is 149 Å². The molecule has 22 heavy (non-hydrogen) atoms. The van der Waals surface area contributed by atoms with E-state index in [9.17, 15) is 8.78 Å². The molecule has 0 bridgehead atoms. The van der Waals surface area contributed by atoms with Gasteiger partial charge < -0.3 is 15.4 Å². The number of aliphatic imine (C=N–C) groups is 1. The van der Waals surface area contributed by atoms with Crippen LogP contribution in [0, 0.1) is 0 Å². The number of hydrogen-bond acceptors (Lipinski definition) is 4. The number of hydrogen-bond donors (Lipinski definition) is 1. The minimum atomic E-state index is -2.53. The molecule has 0 unspecified atom stereocenters. The number of alkyl halides is 2. The summed E-state index contributed by atoms with van der Waals surface area (Å²) in [5, 5.41) is 0. The fourth-order valence-corrected chi connectivity index (χ4v) is 2.78. The maximum absolute atomic E-state index is 12.2. The van der Waals surface area contributed by atoms with Gasteiger partial charge in [-0.05, 0) is 6.07 Å². The number of guanidine groups is 1. The normalized spacial score (nSPS) is 15.6. The van der Waals surface area contributed by atoms with E-state index < -0.39 is 13.0 Å². The van der Waals surface area contributed by atoms with E-state index in [2.05, 4.69) is 9.98 Å². The molecule has 0 atom stereocenters. The summed E-state index contributed by atoms with van der Waals surface area (Å²) in [6.45, 7) is 1.35. The summed E-state index contributed by atoms with van der Waals surface area (Å²) in [6, 6.07) is 3.46. The molecule has 9 heteroatoms. The van der Waals surface area contributed by atoms with Gasteiger partial charge in [0, 0.05) is 36.4 Å². The first-order valence-corrected chi connectivity index (χ1v) is 7.79. The van der Waals surface area contributed by atoms with E-state index in [-0.39, 0.29) is 36.4 Å². The first kappa shape index (κ1) is 19.2. The summed E-state index contributed by atoms with van der Waals surface area (Å²) in [6.07, 6.45) is -1.03. The Morgan fingerprint density at radius 2 is 2.18 bits per heavy atom. The molecule has 0 spiro atoms. The number of halogens is 3. The average Bonchev–Trinajstić information content (AvgIpc) is 2.52. The monoisotopic (exact) mass is 444 g/mol. The Morgan fingerprint density at radius 1 is 1.45 bits per heavy atom. The van der Waals surface area contributed by atoms with Gasteiger partial charge in [0.25, 0.3) is 6.43 Å². The first-order chi connectivity index (χ1) is 10.2. The molecular formula is C13H19F2IN4OS. The quantitative estimate of drug-likeness (QED) is 0.429. The Balaban J connectivity index is 0.00000242. The molecule has 1 fully saturated rings. The largest absolute Gasteiger partial charge is 0.471 e. The van der Waals surface area contributed by atoms with Crippen molar-refractivity contribution in [2.75, 3.05) is 31.2 Å². The summed E-state index contributed by atoms with van der Waals surface area (Å²) < 4.78 is 29.4. The van der Waals surface area contributed by atoms with Gasteiger partial charge in [0.2, 0.25) is 5.88 Å². The molecule has 1 aromatic heterocycles. The molecule has 0 saturated carbocycles. The number of aromatic nitrogens is 1. The fraction of sp³-hybridized carbons (Fsp3) is 0.538. The van der Waals surface area contributed by atoms with Crippen molar-refractivity contribution in [3.8, 4) is 5.88 Å². The molecule has 5 nitrogen and oxygen atoms in total. The number of nitrogens with two attached hydrogens (primary N) is 1. The number of pyridine rings is 1. The fourth-order valence-electron chi connectivity index (χ4n) is 1.87. The van der Waals surface area contributed by atoms with E-state index in [1.54, 1.807) is 12.1 Å². The van der Waals surface area contributed by atoms with Gasteiger partial charge in [-0.25, -0.2) is 18.8 Å². The predicted octanol–water partition coefficient (Wildman–Crippen LogP) is 2.21. The highest BCUT2D eigenvalue weighted by atomic mass is 127. The van der Waals surface area contributed by atoms with Gasteiger partial charge in [0.15, 0.2) is 12.6 Å². The van der Waals surface area contributed by atoms with Crippen molar-refractivity contribution in [1.29, 1.82) is 0 Å². The van der Waals surface area contributed by atoms with Crippen molar-refractivity contribution in [1.82, 2.24) is 9.88 Å². The molecule has 1 aromatic rings. The standard InChI is InChI=1S/C13H18F2N4OS.HI/c14-11(15)9-20-12-10(2-1-3-17-12)8-18-13(16)19-4-6-21-7-5-19;/h1-3,11H,4-9H2,(H2,16,18);1H. The van der Waals surface area contributed by atoms with Crippen LogP contribution in [-0.2, 0) is 6.54 Å². The number of rotatable bonds is 5. The van der Waals surface area contributed by atoms with Crippen LogP contribution in [0.25, 0.3) is 0 Å². The summed E-state index contributed by atoms with van der Waals surface area (Å²) in [5.41, 5.74) is 6.60. The van der Waals surface area contributed by atoms with Crippen LogP contribution in [0.3, 0.4) is 0 Å². The molecular weight excluding hydrogens is 425 g/mol. The summed E-state index contributed by atoms with van der Waals surface area (Å²) in [4.78, 5) is 10.3. The molecule has 0 radical (unpaired) electrons. The van der Waals surface area contributed by atoms with E-state index in [0.29, 0.717) is 11.5 Å². The third-order valence-electron chi connectivity index (χ3n) is 2.94. The van der Waals surface area contributed by atoms with Gasteiger partial charge in [-0.2, -0.15) is 11.8 Å². The van der Waals surface area contributed by atoms with Crippen LogP contribution in [-0.4, -0.2) is 53.5 Å². The highest BCUT2D eigenvalue weighted by Gasteiger charge is 2.13. The SMILES string of the molecule is I.NC(=NCc1cccnc1OCC(F)F)N1CCSCC1. The lowest BCUT2D eigenvalue weighted by atomic mass is 10.3. The smallest absolute Gasteiger partial charge is 0.272 e. The van der Waals surface area contributed by atoms with Crippen molar-refractivity contribution >= 4 is 41.7 Å². The van der Waals surface area contributed by atoms with Crippen LogP contribution in [0.4, 0.5) is 8.78 Å². The van der Waals surface area contributed by atoms with Crippen molar-refractivity contribution in [3.63, 3.8) is 0 Å². The van der Waals surface area contributed by atoms with Crippen molar-refractivity contribution in [2.45, 2.75) is 13.0 Å². The van der Waals surface area contributed by atoms with Crippen LogP contribution in [0.15, 0.2) is 23.3 Å². The topological polar surface area (TPSA) is 63.7 Å². The molecule has 0 aromatic carbocycles. The van der Waals surface area contributed by atoms with Crippen LogP contribution in [0.2, 0.25) is 0 Å². The van der Waals surface area contributed by atoms with Crippen LogP contribution in [0.5, 0.6) is 5.88 Å². The Bertz CT molecular complexity index is 487. The minimum Gasteiger partial charge on any atom is -0.471 e. The molecule has 1 saturated heterocycles. The van der Waals surface area contributed by atoms with E-state index in [0.717, 1.165) is 24.6 Å². The third kappa shape index (κ3) is 6.11. The highest BCUT2D eigenvalue weighted by molar-refractivity contribution is 14.0. The summed E-state index contributed by atoms with van der Waals surface area (Å²) in [5.74, 6) is 2.72. The predicted molar refractivity (Wildman–Crippen MR) is 95.4 cm³/mol. The highest BCUT2D eigenvalue weighted by Crippen LogP contribution is 2.16. The van der Waals surface area contributed by atoms with Gasteiger partial charge in [0.1, 0.15) is 0 Å². The molecule has 1 aliphatic rings. The van der Waals surface area contributed by atoms with Gasteiger partial charge in [-0.15, -0.1) is 24.0 Å². The van der Waals surface area contributed by atoms with E-state index in [1.807, 2.05) is 16.7 Å². The number of ether oxygens (including phenoxy) is 1. The third-order valence-corrected chi connectivity index (χ3v) is 3.88. The molecule has 2 heterocycles. The van der Waals surface area contributed by atoms with Gasteiger partial charge in [0.05, 0.1) is 6.54 Å². The molecule has 2 rings (SSSR count). The van der Waals surface area contributed by atoms with E-state index in [1.165, 1.54) is 6.20 Å². The average molecular weight is 444 g/mol. The van der Waals surface area contributed by atoms with Crippen molar-refractivity contribution < 1.29 is 13.5 Å². The maximum atomic E-state index is 12.2. The van der Waals surface area contributed by atoms with E-state index >= 15 is 0 Å². The lowest BCUT2D eigenvalue weighted by Crippen LogP contribution is -2.42. The summed E-state index contributed by atoms with van der Waals surface area (Å²) >= 11 is 1.89. The second-order valence-electron chi connectivity index (χ2n) is 4.44. The minimum absolute atomic E-state index is 0.